The maximum Gasteiger partial charge on any atom is 0.416 e. The van der Waals surface area contributed by atoms with E-state index >= 15 is 4.39 Å². The molecule has 0 N–H and O–H groups in total. The van der Waals surface area contributed by atoms with Crippen molar-refractivity contribution >= 4 is 46.5 Å². The van der Waals surface area contributed by atoms with E-state index in [1.165, 1.54) is 18.9 Å². The zero-order valence-corrected chi connectivity index (χ0v) is 27.6. The number of halogens is 5. The van der Waals surface area contributed by atoms with Crippen molar-refractivity contribution in [2.75, 3.05) is 68.6 Å². The van der Waals surface area contributed by atoms with Crippen molar-refractivity contribution in [2.45, 2.75) is 44.6 Å². The first-order valence-corrected chi connectivity index (χ1v) is 15.9. The zero-order valence-electron chi connectivity index (χ0n) is 26.9. The van der Waals surface area contributed by atoms with Gasteiger partial charge in [0.25, 0.3) is 5.91 Å². The van der Waals surface area contributed by atoms with E-state index in [2.05, 4.69) is 11.6 Å². The van der Waals surface area contributed by atoms with Gasteiger partial charge in [-0.2, -0.15) is 13.2 Å². The van der Waals surface area contributed by atoms with Crippen LogP contribution < -0.4 is 14.7 Å². The molecule has 0 aliphatic carbocycles. The van der Waals surface area contributed by atoms with Crippen molar-refractivity contribution in [3.05, 3.63) is 58.8 Å². The highest BCUT2D eigenvalue weighted by Crippen LogP contribution is 2.43. The highest BCUT2D eigenvalue weighted by molar-refractivity contribution is 6.34. The minimum absolute atomic E-state index is 0.0156. The number of alkyl halides is 4. The second-order valence-electron chi connectivity index (χ2n) is 13.0. The average molecular weight is 679 g/mol. The first-order valence-electron chi connectivity index (χ1n) is 15.5. The number of para-hydroxylation sites is 1. The lowest BCUT2D eigenvalue weighted by Crippen LogP contribution is -2.53. The van der Waals surface area contributed by atoms with Crippen LogP contribution in [0.1, 0.15) is 30.5 Å². The summed E-state index contributed by atoms with van der Waals surface area (Å²) < 4.78 is 56.5. The molecule has 0 bridgehead atoms. The molecule has 5 rings (SSSR count). The highest BCUT2D eigenvalue weighted by atomic mass is 35.5. The third kappa shape index (κ3) is 7.25. The number of likely N-dealkylation sites (tertiary alicyclic amines) is 1. The predicted octanol–water partition coefficient (Wildman–Crippen LogP) is 4.96. The molecule has 1 unspecified atom stereocenters. The summed E-state index contributed by atoms with van der Waals surface area (Å²) in [6.07, 6.45) is -5.57. The monoisotopic (exact) mass is 678 g/mol. The van der Waals surface area contributed by atoms with E-state index in [0.29, 0.717) is 41.6 Å². The van der Waals surface area contributed by atoms with Crippen molar-refractivity contribution in [1.82, 2.24) is 14.8 Å². The van der Waals surface area contributed by atoms with Crippen LogP contribution in [0.3, 0.4) is 0 Å². The number of fused-ring (bicyclic) bond motifs is 2. The SMILES string of the molecule is C=C(CN(C)C)C(=O)N1CC(CC(F)CCN2C[C@H]3CC(=O)N(c4cc(C(F)(F)F)cc(C)n4)[C@@H]3C(=O)N(C)c3cccc(Cl)c32)C1. The number of pyridine rings is 1. The minimum Gasteiger partial charge on any atom is -0.368 e. The number of likely N-dealkylation sites (N-methyl/N-ethyl adjacent to an activating group) is 2. The quantitative estimate of drug-likeness (QED) is 0.276. The number of hydrogen-bond acceptors (Lipinski definition) is 6. The Morgan fingerprint density at radius 3 is 2.53 bits per heavy atom. The molecule has 4 heterocycles. The number of hydrogen-bond donors (Lipinski definition) is 0. The molecule has 0 radical (unpaired) electrons. The number of benzene rings is 1. The first-order chi connectivity index (χ1) is 22.0. The molecule has 1 aromatic carbocycles. The van der Waals surface area contributed by atoms with Crippen LogP contribution in [0.2, 0.25) is 5.02 Å². The molecule has 1 aromatic heterocycles. The summed E-state index contributed by atoms with van der Waals surface area (Å²) in [7, 11) is 5.24. The van der Waals surface area contributed by atoms with Gasteiger partial charge in [0.05, 0.1) is 22.0 Å². The molecule has 3 atom stereocenters. The Morgan fingerprint density at radius 1 is 1.17 bits per heavy atom. The van der Waals surface area contributed by atoms with Gasteiger partial charge in [-0.3, -0.25) is 19.3 Å². The van der Waals surface area contributed by atoms with Gasteiger partial charge in [-0.1, -0.05) is 24.2 Å². The van der Waals surface area contributed by atoms with E-state index in [1.807, 2.05) is 23.9 Å². The summed E-state index contributed by atoms with van der Waals surface area (Å²) in [5.41, 5.74) is 0.544. The number of carbonyl (C=O) groups excluding carboxylic acids is 3. The van der Waals surface area contributed by atoms with Crippen LogP contribution in [0.25, 0.3) is 0 Å². The van der Waals surface area contributed by atoms with Gasteiger partial charge < -0.3 is 19.6 Å². The molecular formula is C33H39ClF4N6O3. The summed E-state index contributed by atoms with van der Waals surface area (Å²) in [6.45, 7) is 7.00. The lowest BCUT2D eigenvalue weighted by molar-refractivity contribution is -0.137. The molecule has 47 heavy (non-hydrogen) atoms. The number of anilines is 3. The number of aromatic nitrogens is 1. The van der Waals surface area contributed by atoms with Gasteiger partial charge in [-0.05, 0) is 64.0 Å². The Bertz CT molecular complexity index is 1560. The highest BCUT2D eigenvalue weighted by Gasteiger charge is 2.49. The van der Waals surface area contributed by atoms with Gasteiger partial charge in [0, 0.05) is 63.4 Å². The third-order valence-corrected chi connectivity index (χ3v) is 9.29. The van der Waals surface area contributed by atoms with E-state index in [9.17, 15) is 27.6 Å². The van der Waals surface area contributed by atoms with E-state index < -0.39 is 41.7 Å². The smallest absolute Gasteiger partial charge is 0.368 e. The molecule has 254 valence electrons. The van der Waals surface area contributed by atoms with Crippen LogP contribution in [0.5, 0.6) is 0 Å². The Hall–Kier alpha value is -3.71. The number of nitrogens with zero attached hydrogens (tertiary/aromatic N) is 6. The summed E-state index contributed by atoms with van der Waals surface area (Å²) >= 11 is 6.67. The van der Waals surface area contributed by atoms with Gasteiger partial charge in [0.2, 0.25) is 11.8 Å². The maximum absolute atomic E-state index is 15.5. The fraction of sp³-hybridized carbons (Fsp3) is 0.515. The van der Waals surface area contributed by atoms with Crippen LogP contribution in [0.4, 0.5) is 34.8 Å². The van der Waals surface area contributed by atoms with Crippen molar-refractivity contribution in [2.24, 2.45) is 11.8 Å². The van der Waals surface area contributed by atoms with Crippen LogP contribution in [0, 0.1) is 18.8 Å². The molecule has 0 saturated carbocycles. The van der Waals surface area contributed by atoms with E-state index in [0.717, 1.165) is 17.0 Å². The Balaban J connectivity index is 1.34. The van der Waals surface area contributed by atoms with Crippen molar-refractivity contribution in [3.8, 4) is 0 Å². The summed E-state index contributed by atoms with van der Waals surface area (Å²) in [6, 6.07) is 5.59. The van der Waals surface area contributed by atoms with Gasteiger partial charge in [-0.15, -0.1) is 0 Å². The molecule has 2 aromatic rings. The number of amides is 3. The van der Waals surface area contributed by atoms with Gasteiger partial charge >= 0.3 is 6.18 Å². The molecule has 0 spiro atoms. The second kappa shape index (κ2) is 13.4. The van der Waals surface area contributed by atoms with Crippen LogP contribution >= 0.6 is 11.6 Å². The Kier molecular flexibility index (Phi) is 9.89. The predicted molar refractivity (Wildman–Crippen MR) is 172 cm³/mol. The molecule has 9 nitrogen and oxygen atoms in total. The first kappa shape index (κ1) is 34.6. The lowest BCUT2D eigenvalue weighted by Gasteiger charge is -2.41. The van der Waals surface area contributed by atoms with Crippen LogP contribution in [-0.4, -0.2) is 98.6 Å². The largest absolute Gasteiger partial charge is 0.416 e. The van der Waals surface area contributed by atoms with Crippen molar-refractivity contribution in [3.63, 3.8) is 0 Å². The Morgan fingerprint density at radius 2 is 1.87 bits per heavy atom. The van der Waals surface area contributed by atoms with E-state index in [4.69, 9.17) is 11.6 Å². The molecule has 2 saturated heterocycles. The average Bonchev–Trinajstić information content (AvgIpc) is 3.29. The van der Waals surface area contributed by atoms with Gasteiger partial charge in [-0.25, -0.2) is 9.37 Å². The van der Waals surface area contributed by atoms with Crippen LogP contribution in [-0.2, 0) is 20.6 Å². The fourth-order valence-corrected chi connectivity index (χ4v) is 7.09. The standard InChI is InChI=1S/C33H39ClF4N6O3/c1-19(15-40(3)4)31(46)43-16-21(17-43)12-24(35)9-10-42-18-22-13-28(45)44(27-14-23(33(36,37)38)11-20(2)39-27)29(22)32(47)41(5)26-8-6-7-25(34)30(26)42/h6-8,11,14,21-22,24,29H,1,9-10,12-13,15-18H2,2-5H3/t22-,24?,29+/m1/s1. The third-order valence-electron chi connectivity index (χ3n) is 8.98. The maximum atomic E-state index is 15.5. The topological polar surface area (TPSA) is 80.3 Å². The Labute approximate surface area is 276 Å². The molecule has 14 heteroatoms. The fourth-order valence-electron chi connectivity index (χ4n) is 6.80. The van der Waals surface area contributed by atoms with Crippen molar-refractivity contribution in [1.29, 1.82) is 0 Å². The second-order valence-corrected chi connectivity index (χ2v) is 13.4. The molecular weight excluding hydrogens is 640 g/mol. The molecule has 2 fully saturated rings. The van der Waals surface area contributed by atoms with Crippen molar-refractivity contribution < 1.29 is 31.9 Å². The normalized spacial score (nSPS) is 21.0. The number of aryl methyl sites for hydroxylation is 1. The summed E-state index contributed by atoms with van der Waals surface area (Å²) in [5, 5.41) is 0.346. The number of rotatable bonds is 9. The zero-order chi connectivity index (χ0) is 34.4. The van der Waals surface area contributed by atoms with E-state index in [-0.39, 0.29) is 55.7 Å². The summed E-state index contributed by atoms with van der Waals surface area (Å²) in [4.78, 5) is 52.0. The summed E-state index contributed by atoms with van der Waals surface area (Å²) in [5.74, 6) is -1.98. The van der Waals surface area contributed by atoms with Crippen LogP contribution in [0.15, 0.2) is 42.5 Å². The van der Waals surface area contributed by atoms with Gasteiger partial charge in [0.15, 0.2) is 0 Å². The number of carbonyl (C=O) groups is 3. The lowest BCUT2D eigenvalue weighted by atomic mass is 9.91. The molecule has 3 aliphatic heterocycles. The molecule has 3 aliphatic rings. The molecule has 3 amide bonds. The minimum atomic E-state index is -4.67. The van der Waals surface area contributed by atoms with E-state index in [1.54, 1.807) is 23.1 Å². The van der Waals surface area contributed by atoms with Gasteiger partial charge in [0.1, 0.15) is 18.0 Å².